The Kier molecular flexibility index (Phi) is 3.16. The molecule has 0 radical (unpaired) electrons. The summed E-state index contributed by atoms with van der Waals surface area (Å²) in [5.41, 5.74) is 3.64. The molecule has 2 aromatic heterocycles. The first-order valence-electron chi connectivity index (χ1n) is 6.32. The minimum Gasteiger partial charge on any atom is -0.387 e. The second-order valence-electron chi connectivity index (χ2n) is 4.44. The maximum Gasteiger partial charge on any atom is 0.260 e. The van der Waals surface area contributed by atoms with Crippen molar-refractivity contribution in [3.63, 3.8) is 0 Å². The van der Waals surface area contributed by atoms with Crippen LogP contribution in [0.15, 0.2) is 47.1 Å². The number of rotatable bonds is 3. The molecular formula is C15H14N4O. The lowest BCUT2D eigenvalue weighted by molar-refractivity contribution is 0.432. The predicted molar refractivity (Wildman–Crippen MR) is 77.2 cm³/mol. The van der Waals surface area contributed by atoms with Crippen molar-refractivity contribution in [2.24, 2.45) is 0 Å². The molecule has 2 heterocycles. The highest BCUT2D eigenvalue weighted by atomic mass is 16.5. The van der Waals surface area contributed by atoms with E-state index in [9.17, 15) is 0 Å². The number of benzene rings is 1. The summed E-state index contributed by atoms with van der Waals surface area (Å²) in [7, 11) is 1.86. The smallest absolute Gasteiger partial charge is 0.260 e. The third-order valence-corrected chi connectivity index (χ3v) is 3.00. The van der Waals surface area contributed by atoms with Gasteiger partial charge in [0, 0.05) is 18.9 Å². The van der Waals surface area contributed by atoms with Crippen molar-refractivity contribution in [2.45, 2.75) is 6.92 Å². The van der Waals surface area contributed by atoms with E-state index in [0.717, 1.165) is 16.8 Å². The van der Waals surface area contributed by atoms with Gasteiger partial charge in [0.15, 0.2) is 0 Å². The molecule has 0 spiro atoms. The largest absolute Gasteiger partial charge is 0.387 e. The Hall–Kier alpha value is -2.69. The van der Waals surface area contributed by atoms with Gasteiger partial charge in [0.1, 0.15) is 5.69 Å². The first kappa shape index (κ1) is 12.3. The second-order valence-corrected chi connectivity index (χ2v) is 4.44. The SMILES string of the molecule is CNc1ccccc1-c1nc(-c2cc(C)ccn2)no1. The number of para-hydroxylation sites is 1. The lowest BCUT2D eigenvalue weighted by atomic mass is 10.2. The number of anilines is 1. The summed E-state index contributed by atoms with van der Waals surface area (Å²) < 4.78 is 5.35. The number of nitrogens with one attached hydrogen (secondary N) is 1. The zero-order valence-corrected chi connectivity index (χ0v) is 11.3. The molecule has 100 valence electrons. The lowest BCUT2D eigenvalue weighted by Gasteiger charge is -2.03. The van der Waals surface area contributed by atoms with E-state index in [1.54, 1.807) is 6.20 Å². The Balaban J connectivity index is 2.02. The van der Waals surface area contributed by atoms with Gasteiger partial charge in [-0.3, -0.25) is 4.98 Å². The van der Waals surface area contributed by atoms with Crippen LogP contribution in [0.4, 0.5) is 5.69 Å². The van der Waals surface area contributed by atoms with Gasteiger partial charge in [0.25, 0.3) is 5.89 Å². The topological polar surface area (TPSA) is 63.8 Å². The molecule has 0 amide bonds. The first-order chi connectivity index (χ1) is 9.78. The zero-order valence-electron chi connectivity index (χ0n) is 11.3. The summed E-state index contributed by atoms with van der Waals surface area (Å²) in [5.74, 6) is 0.975. The highest BCUT2D eigenvalue weighted by Crippen LogP contribution is 2.27. The van der Waals surface area contributed by atoms with Gasteiger partial charge in [0.05, 0.1) is 5.56 Å². The molecule has 3 rings (SSSR count). The molecule has 5 heteroatoms. The summed E-state index contributed by atoms with van der Waals surface area (Å²) >= 11 is 0. The molecule has 0 fully saturated rings. The van der Waals surface area contributed by atoms with Gasteiger partial charge >= 0.3 is 0 Å². The molecule has 0 saturated carbocycles. The Bertz CT molecular complexity index is 736. The van der Waals surface area contributed by atoms with Crippen molar-refractivity contribution in [3.8, 4) is 23.0 Å². The van der Waals surface area contributed by atoms with Gasteiger partial charge < -0.3 is 9.84 Å². The average molecular weight is 266 g/mol. The van der Waals surface area contributed by atoms with E-state index in [1.165, 1.54) is 0 Å². The zero-order chi connectivity index (χ0) is 13.9. The molecule has 1 N–H and O–H groups in total. The van der Waals surface area contributed by atoms with Crippen molar-refractivity contribution >= 4 is 5.69 Å². The van der Waals surface area contributed by atoms with Crippen LogP contribution in [0.1, 0.15) is 5.56 Å². The van der Waals surface area contributed by atoms with Crippen LogP contribution in [-0.2, 0) is 0 Å². The summed E-state index contributed by atoms with van der Waals surface area (Å²) in [6.45, 7) is 2.00. The highest BCUT2D eigenvalue weighted by Gasteiger charge is 2.13. The molecule has 0 aliphatic heterocycles. The molecule has 0 atom stereocenters. The standard InChI is InChI=1S/C15H14N4O/c1-10-7-8-17-13(9-10)14-18-15(20-19-14)11-5-3-4-6-12(11)16-2/h3-9,16H,1-2H3. The molecule has 0 bridgehead atoms. The van der Waals surface area contributed by atoms with Crippen LogP contribution in [0.25, 0.3) is 23.0 Å². The number of pyridine rings is 1. The normalized spacial score (nSPS) is 10.5. The van der Waals surface area contributed by atoms with Crippen LogP contribution in [0.2, 0.25) is 0 Å². The Morgan fingerprint density at radius 3 is 2.80 bits per heavy atom. The van der Waals surface area contributed by atoms with Crippen LogP contribution in [0.5, 0.6) is 0 Å². The maximum absolute atomic E-state index is 5.35. The van der Waals surface area contributed by atoms with Crippen molar-refractivity contribution in [2.75, 3.05) is 12.4 Å². The summed E-state index contributed by atoms with van der Waals surface area (Å²) in [5, 5.41) is 7.11. The molecule has 0 saturated heterocycles. The molecule has 3 aromatic rings. The van der Waals surface area contributed by atoms with Crippen molar-refractivity contribution in [3.05, 3.63) is 48.2 Å². The first-order valence-corrected chi connectivity index (χ1v) is 6.32. The van der Waals surface area contributed by atoms with Crippen LogP contribution in [0, 0.1) is 6.92 Å². The highest BCUT2D eigenvalue weighted by molar-refractivity contribution is 5.72. The Morgan fingerprint density at radius 1 is 1.15 bits per heavy atom. The van der Waals surface area contributed by atoms with Crippen molar-refractivity contribution < 1.29 is 4.52 Å². The molecule has 0 aliphatic rings. The molecule has 1 aromatic carbocycles. The molecule has 20 heavy (non-hydrogen) atoms. The fourth-order valence-corrected chi connectivity index (χ4v) is 1.98. The molecule has 5 nitrogen and oxygen atoms in total. The number of aryl methyl sites for hydroxylation is 1. The number of nitrogens with zero attached hydrogens (tertiary/aromatic N) is 3. The lowest BCUT2D eigenvalue weighted by Crippen LogP contribution is -1.91. The predicted octanol–water partition coefficient (Wildman–Crippen LogP) is 3.15. The average Bonchev–Trinajstić information content (AvgIpc) is 2.97. The Morgan fingerprint density at radius 2 is 2.00 bits per heavy atom. The van der Waals surface area contributed by atoms with E-state index < -0.39 is 0 Å². The van der Waals surface area contributed by atoms with Gasteiger partial charge in [-0.25, -0.2) is 0 Å². The second kappa shape index (κ2) is 5.13. The third kappa shape index (κ3) is 2.25. The fourth-order valence-electron chi connectivity index (χ4n) is 1.98. The number of hydrogen-bond donors (Lipinski definition) is 1. The quantitative estimate of drug-likeness (QED) is 0.789. The minimum absolute atomic E-state index is 0.480. The van der Waals surface area contributed by atoms with Crippen LogP contribution in [-0.4, -0.2) is 22.2 Å². The Labute approximate surface area is 116 Å². The fraction of sp³-hybridized carbons (Fsp3) is 0.133. The summed E-state index contributed by atoms with van der Waals surface area (Å²) in [6, 6.07) is 11.6. The van der Waals surface area contributed by atoms with Crippen LogP contribution >= 0.6 is 0 Å². The summed E-state index contributed by atoms with van der Waals surface area (Å²) in [6.07, 6.45) is 1.74. The van der Waals surface area contributed by atoms with E-state index in [1.807, 2.05) is 50.4 Å². The van der Waals surface area contributed by atoms with E-state index in [-0.39, 0.29) is 0 Å². The van der Waals surface area contributed by atoms with Gasteiger partial charge in [-0.15, -0.1) is 0 Å². The van der Waals surface area contributed by atoms with Crippen molar-refractivity contribution in [1.82, 2.24) is 15.1 Å². The van der Waals surface area contributed by atoms with Crippen LogP contribution < -0.4 is 5.32 Å². The molecule has 0 unspecified atom stereocenters. The third-order valence-electron chi connectivity index (χ3n) is 3.00. The number of hydrogen-bond acceptors (Lipinski definition) is 5. The van der Waals surface area contributed by atoms with Gasteiger partial charge in [-0.2, -0.15) is 4.98 Å². The monoisotopic (exact) mass is 266 g/mol. The van der Waals surface area contributed by atoms with E-state index in [2.05, 4.69) is 20.4 Å². The molecular weight excluding hydrogens is 252 g/mol. The van der Waals surface area contributed by atoms with Gasteiger partial charge in [-0.05, 0) is 36.8 Å². The number of aromatic nitrogens is 3. The van der Waals surface area contributed by atoms with E-state index in [0.29, 0.717) is 17.4 Å². The van der Waals surface area contributed by atoms with Gasteiger partial charge in [0.2, 0.25) is 5.82 Å². The van der Waals surface area contributed by atoms with E-state index >= 15 is 0 Å². The molecule has 0 aliphatic carbocycles. The maximum atomic E-state index is 5.35. The minimum atomic E-state index is 0.480. The van der Waals surface area contributed by atoms with E-state index in [4.69, 9.17) is 4.52 Å². The summed E-state index contributed by atoms with van der Waals surface area (Å²) in [4.78, 5) is 8.68. The van der Waals surface area contributed by atoms with Crippen LogP contribution in [0.3, 0.4) is 0 Å². The van der Waals surface area contributed by atoms with Crippen molar-refractivity contribution in [1.29, 1.82) is 0 Å². The van der Waals surface area contributed by atoms with Gasteiger partial charge in [-0.1, -0.05) is 17.3 Å².